The van der Waals surface area contributed by atoms with E-state index in [-0.39, 0.29) is 17.9 Å². The maximum absolute atomic E-state index is 12.6. The van der Waals surface area contributed by atoms with Gasteiger partial charge in [-0.15, -0.1) is 0 Å². The van der Waals surface area contributed by atoms with Crippen molar-refractivity contribution in [2.45, 2.75) is 46.2 Å². The number of carbonyl (C=O) groups excluding carboxylic acids is 2. The fourth-order valence-electron chi connectivity index (χ4n) is 4.99. The summed E-state index contributed by atoms with van der Waals surface area (Å²) in [6.45, 7) is 7.37. The van der Waals surface area contributed by atoms with Gasteiger partial charge in [0, 0.05) is 12.6 Å². The molecule has 1 fully saturated rings. The average Bonchev–Trinajstić information content (AvgIpc) is 2.76. The molecule has 2 amide bonds. The van der Waals surface area contributed by atoms with Gasteiger partial charge in [0.25, 0.3) is 0 Å². The van der Waals surface area contributed by atoms with Crippen LogP contribution in [-0.2, 0) is 16.1 Å². The van der Waals surface area contributed by atoms with Crippen LogP contribution in [0.3, 0.4) is 0 Å². The number of hydrogen-bond acceptors (Lipinski definition) is 4. The highest BCUT2D eigenvalue weighted by Crippen LogP contribution is 2.35. The number of rotatable bonds is 7. The average molecular weight is 424 g/mol. The first-order valence-electron chi connectivity index (χ1n) is 11.0. The maximum atomic E-state index is 12.6. The molecule has 1 heterocycles. The quantitative estimate of drug-likeness (QED) is 0.469. The smallest absolute Gasteiger partial charge is 0.248 e. The van der Waals surface area contributed by atoms with Gasteiger partial charge in [-0.3, -0.25) is 19.7 Å². The summed E-state index contributed by atoms with van der Waals surface area (Å²) in [6.07, 6.45) is 1.49. The minimum Gasteiger partial charge on any atom is -0.369 e. The Morgan fingerprint density at radius 2 is 1.87 bits per heavy atom. The van der Waals surface area contributed by atoms with Crippen LogP contribution >= 0.6 is 0 Å². The molecule has 0 aromatic heterocycles. The lowest BCUT2D eigenvalue weighted by Gasteiger charge is -2.45. The minimum atomic E-state index is -0.541. The topological polar surface area (TPSA) is 95.7 Å². The number of nitrogens with one attached hydrogen (secondary N) is 1. The van der Waals surface area contributed by atoms with Crippen LogP contribution in [0.1, 0.15) is 37.8 Å². The van der Waals surface area contributed by atoms with Gasteiger partial charge in [-0.25, -0.2) is 5.48 Å². The Balaban J connectivity index is 1.98. The number of piperidine rings is 1. The highest BCUT2D eigenvalue weighted by molar-refractivity contribution is 5.82. The fraction of sp³-hybridized carbons (Fsp3) is 0.440. The van der Waals surface area contributed by atoms with E-state index in [0.717, 1.165) is 24.1 Å². The molecule has 3 unspecified atom stereocenters. The van der Waals surface area contributed by atoms with Crippen LogP contribution in [-0.4, -0.2) is 34.5 Å². The number of carbonyl (C=O) groups is 2. The first-order chi connectivity index (χ1) is 14.8. The minimum absolute atomic E-state index is 0.0589. The Labute approximate surface area is 184 Å². The lowest BCUT2D eigenvalue weighted by molar-refractivity contribution is -0.142. The highest BCUT2D eigenvalue weighted by Gasteiger charge is 2.44. The van der Waals surface area contributed by atoms with Crippen molar-refractivity contribution in [1.29, 1.82) is 0 Å². The molecule has 6 heteroatoms. The number of hydrogen-bond donors (Lipinski definition) is 3. The Kier molecular flexibility index (Phi) is 7.46. The van der Waals surface area contributed by atoms with E-state index < -0.39 is 17.7 Å². The first-order valence-corrected chi connectivity index (χ1v) is 11.0. The van der Waals surface area contributed by atoms with Gasteiger partial charge in [-0.1, -0.05) is 62.4 Å². The van der Waals surface area contributed by atoms with Gasteiger partial charge in [0.2, 0.25) is 11.8 Å². The number of likely N-dealkylation sites (tertiary alicyclic amines) is 1. The molecule has 1 saturated heterocycles. The van der Waals surface area contributed by atoms with Crippen LogP contribution in [0, 0.1) is 24.7 Å². The van der Waals surface area contributed by atoms with Gasteiger partial charge in [0.15, 0.2) is 0 Å². The van der Waals surface area contributed by atoms with E-state index in [4.69, 9.17) is 5.73 Å². The number of primary amides is 1. The summed E-state index contributed by atoms with van der Waals surface area (Å²) in [5.41, 5.74) is 12.2. The van der Waals surface area contributed by atoms with Gasteiger partial charge in [0.1, 0.15) is 0 Å². The normalized spacial score (nSPS) is 20.4. The third-order valence-corrected chi connectivity index (χ3v) is 6.56. The molecule has 3 rings (SSSR count). The van der Waals surface area contributed by atoms with Crippen LogP contribution in [0.25, 0.3) is 11.1 Å². The Morgan fingerprint density at radius 3 is 2.48 bits per heavy atom. The second-order valence-corrected chi connectivity index (χ2v) is 8.81. The van der Waals surface area contributed by atoms with E-state index in [1.54, 1.807) is 0 Å². The van der Waals surface area contributed by atoms with Gasteiger partial charge in [-0.2, -0.15) is 0 Å². The van der Waals surface area contributed by atoms with Crippen molar-refractivity contribution in [3.8, 4) is 11.1 Å². The molecule has 0 radical (unpaired) electrons. The molecule has 3 atom stereocenters. The lowest BCUT2D eigenvalue weighted by atomic mass is 9.75. The summed E-state index contributed by atoms with van der Waals surface area (Å²) < 4.78 is 0. The summed E-state index contributed by atoms with van der Waals surface area (Å²) in [7, 11) is 0. The van der Waals surface area contributed by atoms with E-state index in [0.29, 0.717) is 13.0 Å². The zero-order valence-electron chi connectivity index (χ0n) is 18.5. The van der Waals surface area contributed by atoms with E-state index >= 15 is 0 Å². The van der Waals surface area contributed by atoms with Crippen LogP contribution in [0.5, 0.6) is 0 Å². The second kappa shape index (κ2) is 10.1. The number of nitrogens with two attached hydrogens (primary N) is 1. The molecule has 0 bridgehead atoms. The van der Waals surface area contributed by atoms with Crippen molar-refractivity contribution in [2.24, 2.45) is 23.5 Å². The Hall–Kier alpha value is -2.70. The summed E-state index contributed by atoms with van der Waals surface area (Å²) >= 11 is 0. The highest BCUT2D eigenvalue weighted by atomic mass is 16.5. The van der Waals surface area contributed by atoms with Crippen LogP contribution < -0.4 is 11.2 Å². The number of hydroxylamine groups is 1. The molecule has 0 aliphatic carbocycles. The Bertz CT molecular complexity index is 913. The maximum Gasteiger partial charge on any atom is 0.248 e. The van der Waals surface area contributed by atoms with Crippen molar-refractivity contribution in [1.82, 2.24) is 10.4 Å². The molecule has 0 saturated carbocycles. The Morgan fingerprint density at radius 1 is 1.16 bits per heavy atom. The predicted octanol–water partition coefficient (Wildman–Crippen LogP) is 3.51. The van der Waals surface area contributed by atoms with Crippen LogP contribution in [0.2, 0.25) is 0 Å². The zero-order valence-corrected chi connectivity index (χ0v) is 18.5. The van der Waals surface area contributed by atoms with Gasteiger partial charge in [-0.05, 0) is 54.5 Å². The molecule has 6 nitrogen and oxygen atoms in total. The van der Waals surface area contributed by atoms with Gasteiger partial charge in [0.05, 0.1) is 11.8 Å². The standard InChI is InChI=1S/C25H33N3O3/c1-16(2)22(25(30)27-31)23-21(24(26)29)13-8-14-28(23)15-19-11-7-12-20(17(19)3)18-9-5-4-6-10-18/h4-7,9-12,16,21-23,31H,8,13-15H2,1-3H3,(H2,26,29)(H,27,30). The molecule has 31 heavy (non-hydrogen) atoms. The monoisotopic (exact) mass is 423 g/mol. The largest absolute Gasteiger partial charge is 0.369 e. The summed E-state index contributed by atoms with van der Waals surface area (Å²) in [4.78, 5) is 27.1. The van der Waals surface area contributed by atoms with Gasteiger partial charge < -0.3 is 5.73 Å². The molecular formula is C25H33N3O3. The van der Waals surface area contributed by atoms with Crippen molar-refractivity contribution in [3.05, 3.63) is 59.7 Å². The van der Waals surface area contributed by atoms with Gasteiger partial charge >= 0.3 is 0 Å². The molecule has 2 aromatic rings. The van der Waals surface area contributed by atoms with Crippen molar-refractivity contribution >= 4 is 11.8 Å². The molecule has 2 aromatic carbocycles. The third kappa shape index (κ3) is 4.97. The second-order valence-electron chi connectivity index (χ2n) is 8.81. The summed E-state index contributed by atoms with van der Waals surface area (Å²) in [5.74, 6) is -1.89. The fourth-order valence-corrected chi connectivity index (χ4v) is 4.99. The first kappa shape index (κ1) is 23.0. The van der Waals surface area contributed by atoms with E-state index in [1.807, 2.05) is 37.5 Å². The van der Waals surface area contributed by atoms with Crippen LogP contribution in [0.15, 0.2) is 48.5 Å². The van der Waals surface area contributed by atoms with Crippen molar-refractivity contribution in [2.75, 3.05) is 6.54 Å². The third-order valence-electron chi connectivity index (χ3n) is 6.56. The zero-order chi connectivity index (χ0) is 22.5. The van der Waals surface area contributed by atoms with E-state index in [9.17, 15) is 14.8 Å². The van der Waals surface area contributed by atoms with Crippen molar-refractivity contribution < 1.29 is 14.8 Å². The number of amides is 2. The molecule has 1 aliphatic rings. The summed E-state index contributed by atoms with van der Waals surface area (Å²) in [5, 5.41) is 9.36. The molecular weight excluding hydrogens is 390 g/mol. The van der Waals surface area contributed by atoms with E-state index in [2.05, 4.69) is 42.2 Å². The predicted molar refractivity (Wildman–Crippen MR) is 121 cm³/mol. The molecule has 166 valence electrons. The number of nitrogens with zero attached hydrogens (tertiary/aromatic N) is 1. The lowest BCUT2D eigenvalue weighted by Crippen LogP contribution is -2.57. The molecule has 1 aliphatic heterocycles. The number of benzene rings is 2. The molecule has 0 spiro atoms. The van der Waals surface area contributed by atoms with E-state index in [1.165, 1.54) is 11.1 Å². The van der Waals surface area contributed by atoms with Crippen molar-refractivity contribution in [3.63, 3.8) is 0 Å². The van der Waals surface area contributed by atoms with Crippen LogP contribution in [0.4, 0.5) is 0 Å². The summed E-state index contributed by atoms with van der Waals surface area (Å²) in [6, 6.07) is 16.2. The SMILES string of the molecule is Cc1c(CN2CCCC(C(N)=O)C2C(C(=O)NO)C(C)C)cccc1-c1ccccc1. The molecule has 4 N–H and O–H groups in total.